The first-order valence-electron chi connectivity index (χ1n) is 6.92. The van der Waals surface area contributed by atoms with Gasteiger partial charge < -0.3 is 24.4 Å². The molecule has 3 saturated heterocycles. The second-order valence-electron chi connectivity index (χ2n) is 5.71. The minimum absolute atomic E-state index is 0.0499. The van der Waals surface area contributed by atoms with Gasteiger partial charge in [-0.05, 0) is 6.42 Å². The van der Waals surface area contributed by atoms with Crippen molar-refractivity contribution in [3.63, 3.8) is 0 Å². The van der Waals surface area contributed by atoms with Crippen LogP contribution in [-0.2, 0) is 19.0 Å². The SMILES string of the molecule is CCCCCC1(O)OC2C(O)COC23COC(=O)C13. The largest absolute Gasteiger partial charge is 0.462 e. The van der Waals surface area contributed by atoms with Gasteiger partial charge in [-0.2, -0.15) is 0 Å². The highest BCUT2D eigenvalue weighted by atomic mass is 16.7. The molecular weight excluding hydrogens is 252 g/mol. The molecule has 5 unspecified atom stereocenters. The van der Waals surface area contributed by atoms with Crippen molar-refractivity contribution in [3.05, 3.63) is 0 Å². The molecule has 108 valence electrons. The number of aliphatic hydroxyl groups excluding tert-OH is 1. The fraction of sp³-hybridized carbons (Fsp3) is 0.923. The van der Waals surface area contributed by atoms with Crippen LogP contribution in [0.3, 0.4) is 0 Å². The summed E-state index contributed by atoms with van der Waals surface area (Å²) in [6.45, 7) is 2.23. The van der Waals surface area contributed by atoms with Crippen LogP contribution in [0.1, 0.15) is 32.6 Å². The molecule has 0 aromatic heterocycles. The third-order valence-electron chi connectivity index (χ3n) is 4.44. The van der Waals surface area contributed by atoms with Crippen molar-refractivity contribution in [1.29, 1.82) is 0 Å². The lowest BCUT2D eigenvalue weighted by Gasteiger charge is -2.28. The Morgan fingerprint density at radius 2 is 2.21 bits per heavy atom. The van der Waals surface area contributed by atoms with E-state index in [1.807, 2.05) is 0 Å². The first-order chi connectivity index (χ1) is 9.03. The maximum absolute atomic E-state index is 11.9. The van der Waals surface area contributed by atoms with E-state index >= 15 is 0 Å². The van der Waals surface area contributed by atoms with Crippen LogP contribution in [0.5, 0.6) is 0 Å². The van der Waals surface area contributed by atoms with E-state index in [2.05, 4.69) is 6.92 Å². The van der Waals surface area contributed by atoms with Gasteiger partial charge in [-0.25, -0.2) is 0 Å². The first kappa shape index (κ1) is 13.3. The van der Waals surface area contributed by atoms with Crippen LogP contribution in [0.2, 0.25) is 0 Å². The Hall–Kier alpha value is -0.690. The number of carbonyl (C=O) groups is 1. The zero-order valence-electron chi connectivity index (χ0n) is 11.0. The van der Waals surface area contributed by atoms with E-state index in [0.29, 0.717) is 6.42 Å². The first-order valence-corrected chi connectivity index (χ1v) is 6.92. The number of cyclic esters (lactones) is 1. The molecule has 0 bridgehead atoms. The summed E-state index contributed by atoms with van der Waals surface area (Å²) in [7, 11) is 0. The number of esters is 1. The molecule has 6 nitrogen and oxygen atoms in total. The monoisotopic (exact) mass is 272 g/mol. The van der Waals surface area contributed by atoms with E-state index < -0.39 is 35.5 Å². The summed E-state index contributed by atoms with van der Waals surface area (Å²) in [6, 6.07) is 0. The van der Waals surface area contributed by atoms with Crippen molar-refractivity contribution in [3.8, 4) is 0 Å². The number of aliphatic hydroxyl groups is 2. The van der Waals surface area contributed by atoms with Crippen molar-refractivity contribution in [1.82, 2.24) is 0 Å². The summed E-state index contributed by atoms with van der Waals surface area (Å²) in [5.74, 6) is -2.91. The molecule has 3 aliphatic heterocycles. The summed E-state index contributed by atoms with van der Waals surface area (Å²) in [5, 5.41) is 20.6. The van der Waals surface area contributed by atoms with E-state index in [1.165, 1.54) is 0 Å². The zero-order valence-corrected chi connectivity index (χ0v) is 11.0. The van der Waals surface area contributed by atoms with Gasteiger partial charge in [0.2, 0.25) is 0 Å². The Balaban J connectivity index is 1.86. The van der Waals surface area contributed by atoms with E-state index in [9.17, 15) is 15.0 Å². The van der Waals surface area contributed by atoms with Crippen molar-refractivity contribution in [2.24, 2.45) is 5.92 Å². The minimum atomic E-state index is -1.57. The molecule has 0 aromatic rings. The normalized spacial score (nSPS) is 48.2. The molecular formula is C13H20O6. The highest BCUT2D eigenvalue weighted by molar-refractivity contribution is 5.78. The zero-order chi connectivity index (χ0) is 13.7. The van der Waals surface area contributed by atoms with Crippen molar-refractivity contribution >= 4 is 5.97 Å². The maximum Gasteiger partial charge on any atom is 0.317 e. The second kappa shape index (κ2) is 4.41. The maximum atomic E-state index is 11.9. The van der Waals surface area contributed by atoms with Gasteiger partial charge in [0, 0.05) is 6.42 Å². The fourth-order valence-electron chi connectivity index (χ4n) is 3.52. The number of hydrogen-bond donors (Lipinski definition) is 2. The molecule has 3 rings (SSSR count). The van der Waals surface area contributed by atoms with Crippen molar-refractivity contribution in [2.45, 2.75) is 56.2 Å². The standard InChI is InChI=1S/C13H20O6/c1-2-3-4-5-13(16)9-11(15)17-7-12(9)10(19-13)8(14)6-18-12/h8-10,14,16H,2-7H2,1H3. The Morgan fingerprint density at radius 3 is 2.95 bits per heavy atom. The Bertz CT molecular complexity index is 385. The average molecular weight is 272 g/mol. The topological polar surface area (TPSA) is 85.2 Å². The van der Waals surface area contributed by atoms with Gasteiger partial charge in [0.1, 0.15) is 30.3 Å². The number of hydrogen-bond acceptors (Lipinski definition) is 6. The molecule has 0 aromatic carbocycles. The Kier molecular flexibility index (Phi) is 3.09. The van der Waals surface area contributed by atoms with Crippen molar-refractivity contribution in [2.75, 3.05) is 13.2 Å². The van der Waals surface area contributed by atoms with E-state index in [1.54, 1.807) is 0 Å². The van der Waals surface area contributed by atoms with Crippen LogP contribution >= 0.6 is 0 Å². The molecule has 6 heteroatoms. The van der Waals surface area contributed by atoms with Gasteiger partial charge in [0.15, 0.2) is 5.79 Å². The molecule has 2 N–H and O–H groups in total. The summed E-state index contributed by atoms with van der Waals surface area (Å²) in [4.78, 5) is 11.9. The predicted molar refractivity (Wildman–Crippen MR) is 63.1 cm³/mol. The fourth-order valence-corrected chi connectivity index (χ4v) is 3.52. The molecule has 0 saturated carbocycles. The number of unbranched alkanes of at least 4 members (excludes halogenated alkanes) is 2. The molecule has 0 radical (unpaired) electrons. The highest BCUT2D eigenvalue weighted by Crippen LogP contribution is 2.54. The third kappa shape index (κ3) is 1.74. The van der Waals surface area contributed by atoms with Gasteiger partial charge >= 0.3 is 5.97 Å². The van der Waals surface area contributed by atoms with Crippen LogP contribution < -0.4 is 0 Å². The van der Waals surface area contributed by atoms with E-state index in [0.717, 1.165) is 19.3 Å². The van der Waals surface area contributed by atoms with Gasteiger partial charge in [0.25, 0.3) is 0 Å². The average Bonchev–Trinajstić information content (AvgIpc) is 2.94. The molecule has 3 fully saturated rings. The van der Waals surface area contributed by atoms with Crippen molar-refractivity contribution < 1.29 is 29.2 Å². The minimum Gasteiger partial charge on any atom is -0.462 e. The number of rotatable bonds is 4. The van der Waals surface area contributed by atoms with Gasteiger partial charge in [-0.3, -0.25) is 4.79 Å². The lowest BCUT2D eigenvalue weighted by Crippen LogP contribution is -2.47. The summed E-state index contributed by atoms with van der Waals surface area (Å²) in [6.07, 6.45) is 1.57. The number of ether oxygens (including phenoxy) is 3. The predicted octanol–water partition coefficient (Wildman–Crippen LogP) is -0.0430. The molecule has 0 aliphatic carbocycles. The summed E-state index contributed by atoms with van der Waals surface area (Å²) >= 11 is 0. The second-order valence-corrected chi connectivity index (χ2v) is 5.71. The quantitative estimate of drug-likeness (QED) is 0.551. The molecule has 0 amide bonds. The Morgan fingerprint density at radius 1 is 1.42 bits per heavy atom. The summed E-state index contributed by atoms with van der Waals surface area (Å²) in [5.41, 5.74) is -1.00. The van der Waals surface area contributed by atoms with Crippen LogP contribution in [-0.4, -0.2) is 53.0 Å². The lowest BCUT2D eigenvalue weighted by molar-refractivity contribution is -0.231. The van der Waals surface area contributed by atoms with Crippen LogP contribution in [0.4, 0.5) is 0 Å². The lowest BCUT2D eigenvalue weighted by atomic mass is 9.81. The van der Waals surface area contributed by atoms with E-state index in [4.69, 9.17) is 14.2 Å². The molecule has 5 atom stereocenters. The van der Waals surface area contributed by atoms with E-state index in [-0.39, 0.29) is 13.2 Å². The van der Waals surface area contributed by atoms with Gasteiger partial charge in [-0.15, -0.1) is 0 Å². The molecule has 1 spiro atoms. The molecule has 19 heavy (non-hydrogen) atoms. The highest BCUT2D eigenvalue weighted by Gasteiger charge is 2.75. The summed E-state index contributed by atoms with van der Waals surface area (Å²) < 4.78 is 16.3. The van der Waals surface area contributed by atoms with Gasteiger partial charge in [0.05, 0.1) is 6.61 Å². The van der Waals surface area contributed by atoms with Gasteiger partial charge in [-0.1, -0.05) is 19.8 Å². The van der Waals surface area contributed by atoms with Crippen LogP contribution in [0, 0.1) is 5.92 Å². The smallest absolute Gasteiger partial charge is 0.317 e. The third-order valence-corrected chi connectivity index (χ3v) is 4.44. The van der Waals surface area contributed by atoms with Crippen LogP contribution in [0.15, 0.2) is 0 Å². The Labute approximate surface area is 111 Å². The number of carbonyl (C=O) groups excluding carboxylic acids is 1. The van der Waals surface area contributed by atoms with Crippen LogP contribution in [0.25, 0.3) is 0 Å². The molecule has 3 aliphatic rings. The molecule has 3 heterocycles.